The fraction of sp³-hybridized carbons (Fsp3) is 0.462. The number of carbonyl (C=O) groups is 1. The van der Waals surface area contributed by atoms with Gasteiger partial charge in [-0.3, -0.25) is 4.79 Å². The molecular formula is C13H16F2O3. The van der Waals surface area contributed by atoms with E-state index in [1.807, 2.05) is 6.92 Å². The average Bonchev–Trinajstić information content (AvgIpc) is 2.30. The van der Waals surface area contributed by atoms with Crippen LogP contribution in [0.1, 0.15) is 31.9 Å². The predicted octanol–water partition coefficient (Wildman–Crippen LogP) is 3.34. The van der Waals surface area contributed by atoms with Gasteiger partial charge in [-0.2, -0.15) is 8.78 Å². The van der Waals surface area contributed by atoms with Gasteiger partial charge in [0.1, 0.15) is 11.9 Å². The van der Waals surface area contributed by atoms with Gasteiger partial charge in [-0.25, -0.2) is 0 Å². The van der Waals surface area contributed by atoms with Crippen LogP contribution in [0.2, 0.25) is 0 Å². The van der Waals surface area contributed by atoms with Gasteiger partial charge in [-0.05, 0) is 31.0 Å². The third-order valence-corrected chi connectivity index (χ3v) is 2.27. The zero-order valence-electron chi connectivity index (χ0n) is 10.4. The number of carbonyl (C=O) groups excluding carboxylic acids is 1. The van der Waals surface area contributed by atoms with Gasteiger partial charge in [0.15, 0.2) is 5.78 Å². The summed E-state index contributed by atoms with van der Waals surface area (Å²) in [4.78, 5) is 11.4. The van der Waals surface area contributed by atoms with Crippen LogP contribution in [0, 0.1) is 0 Å². The molecule has 0 fully saturated rings. The number of ketones is 1. The van der Waals surface area contributed by atoms with Crippen molar-refractivity contribution in [3.05, 3.63) is 29.8 Å². The van der Waals surface area contributed by atoms with E-state index in [2.05, 4.69) is 4.74 Å². The first kappa shape index (κ1) is 14.6. The van der Waals surface area contributed by atoms with Crippen molar-refractivity contribution in [2.24, 2.45) is 0 Å². The molecular weight excluding hydrogens is 242 g/mol. The second kappa shape index (κ2) is 7.06. The molecule has 1 aromatic carbocycles. The normalized spacial score (nSPS) is 12.5. The van der Waals surface area contributed by atoms with Crippen LogP contribution in [0.3, 0.4) is 0 Å². The number of alkyl halides is 2. The molecule has 5 heteroatoms. The lowest BCUT2D eigenvalue weighted by atomic mass is 10.1. The van der Waals surface area contributed by atoms with Crippen molar-refractivity contribution < 1.29 is 23.0 Å². The summed E-state index contributed by atoms with van der Waals surface area (Å²) in [5.41, 5.74) is 0.637. The molecule has 0 aromatic heterocycles. The Bertz CT molecular complexity index is 376. The van der Waals surface area contributed by atoms with Crippen LogP contribution in [0.15, 0.2) is 24.3 Å². The predicted molar refractivity (Wildman–Crippen MR) is 62.7 cm³/mol. The lowest BCUT2D eigenvalue weighted by Gasteiger charge is -2.15. The molecule has 3 nitrogen and oxygen atoms in total. The maximum absolute atomic E-state index is 12.0. The van der Waals surface area contributed by atoms with Gasteiger partial charge < -0.3 is 9.47 Å². The second-order valence-electron chi connectivity index (χ2n) is 3.81. The molecule has 1 unspecified atom stereocenters. The van der Waals surface area contributed by atoms with Crippen molar-refractivity contribution in [2.45, 2.75) is 33.0 Å². The van der Waals surface area contributed by atoms with Gasteiger partial charge in [0.2, 0.25) is 0 Å². The lowest BCUT2D eigenvalue weighted by Crippen LogP contribution is -2.13. The Morgan fingerprint density at radius 2 is 1.89 bits per heavy atom. The first-order valence-corrected chi connectivity index (χ1v) is 5.71. The Balaban J connectivity index is 2.77. The maximum atomic E-state index is 12.0. The minimum absolute atomic E-state index is 0.0616. The largest absolute Gasteiger partial charge is 0.435 e. The van der Waals surface area contributed by atoms with Crippen LogP contribution in [0.4, 0.5) is 8.78 Å². The van der Waals surface area contributed by atoms with E-state index in [1.54, 1.807) is 12.1 Å². The highest BCUT2D eigenvalue weighted by Crippen LogP contribution is 2.22. The molecule has 0 heterocycles. The van der Waals surface area contributed by atoms with Crippen LogP contribution < -0.4 is 4.74 Å². The smallest absolute Gasteiger partial charge is 0.387 e. The number of hydrogen-bond donors (Lipinski definition) is 0. The first-order valence-electron chi connectivity index (χ1n) is 5.71. The van der Waals surface area contributed by atoms with E-state index in [1.165, 1.54) is 19.1 Å². The third-order valence-electron chi connectivity index (χ3n) is 2.27. The standard InChI is InChI=1S/C13H16F2O3/c1-3-8-17-12(9(2)16)10-4-6-11(7-5-10)18-13(14)15/h4-7,12-13H,3,8H2,1-2H3. The highest BCUT2D eigenvalue weighted by atomic mass is 19.3. The van der Waals surface area contributed by atoms with Crippen molar-refractivity contribution in [3.63, 3.8) is 0 Å². The molecule has 18 heavy (non-hydrogen) atoms. The molecule has 0 saturated carbocycles. The van der Waals surface area contributed by atoms with Crippen molar-refractivity contribution in [3.8, 4) is 5.75 Å². The van der Waals surface area contributed by atoms with Crippen LogP contribution >= 0.6 is 0 Å². The Morgan fingerprint density at radius 1 is 1.28 bits per heavy atom. The molecule has 0 spiro atoms. The molecule has 0 radical (unpaired) electrons. The average molecular weight is 258 g/mol. The molecule has 0 amide bonds. The summed E-state index contributed by atoms with van der Waals surface area (Å²) in [6, 6.07) is 5.90. The van der Waals surface area contributed by atoms with Crippen molar-refractivity contribution >= 4 is 5.78 Å². The highest BCUT2D eigenvalue weighted by Gasteiger charge is 2.17. The Labute approximate surface area is 105 Å². The summed E-state index contributed by atoms with van der Waals surface area (Å²) < 4.78 is 33.6. The van der Waals surface area contributed by atoms with E-state index in [0.29, 0.717) is 12.2 Å². The fourth-order valence-corrected chi connectivity index (χ4v) is 1.51. The van der Waals surface area contributed by atoms with Crippen molar-refractivity contribution in [1.29, 1.82) is 0 Å². The van der Waals surface area contributed by atoms with E-state index in [0.717, 1.165) is 6.42 Å². The molecule has 1 atom stereocenters. The Kier molecular flexibility index (Phi) is 5.71. The SMILES string of the molecule is CCCOC(C(C)=O)c1ccc(OC(F)F)cc1. The number of rotatable bonds is 7. The fourth-order valence-electron chi connectivity index (χ4n) is 1.51. The first-order chi connectivity index (χ1) is 8.54. The molecule has 100 valence electrons. The summed E-state index contributed by atoms with van der Waals surface area (Å²) in [5, 5.41) is 0. The van der Waals surface area contributed by atoms with Gasteiger partial charge >= 0.3 is 6.61 Å². The lowest BCUT2D eigenvalue weighted by molar-refractivity contribution is -0.128. The van der Waals surface area contributed by atoms with Gasteiger partial charge in [0.05, 0.1) is 0 Å². The van der Waals surface area contributed by atoms with Gasteiger partial charge in [-0.1, -0.05) is 19.1 Å². The van der Waals surface area contributed by atoms with E-state index >= 15 is 0 Å². The van der Waals surface area contributed by atoms with Crippen molar-refractivity contribution in [1.82, 2.24) is 0 Å². The van der Waals surface area contributed by atoms with Crippen molar-refractivity contribution in [2.75, 3.05) is 6.61 Å². The summed E-state index contributed by atoms with van der Waals surface area (Å²) in [6.45, 7) is 0.996. The summed E-state index contributed by atoms with van der Waals surface area (Å²) in [6.07, 6.45) is 0.154. The van der Waals surface area contributed by atoms with E-state index in [9.17, 15) is 13.6 Å². The number of halogens is 2. The minimum Gasteiger partial charge on any atom is -0.435 e. The summed E-state index contributed by atoms with van der Waals surface area (Å²) in [7, 11) is 0. The van der Waals surface area contributed by atoms with Gasteiger partial charge in [0, 0.05) is 6.61 Å². The number of benzene rings is 1. The van der Waals surface area contributed by atoms with Crippen LogP contribution in [-0.4, -0.2) is 19.0 Å². The zero-order valence-corrected chi connectivity index (χ0v) is 10.4. The van der Waals surface area contributed by atoms with Gasteiger partial charge in [0.25, 0.3) is 0 Å². The zero-order chi connectivity index (χ0) is 13.5. The van der Waals surface area contributed by atoms with E-state index in [-0.39, 0.29) is 11.5 Å². The molecule has 1 rings (SSSR count). The molecule has 0 aliphatic rings. The minimum atomic E-state index is -2.85. The maximum Gasteiger partial charge on any atom is 0.387 e. The van der Waals surface area contributed by atoms with Crippen LogP contribution in [0.5, 0.6) is 5.75 Å². The molecule has 0 saturated heterocycles. The molecule has 0 aliphatic heterocycles. The van der Waals surface area contributed by atoms with E-state index in [4.69, 9.17) is 4.74 Å². The Hall–Kier alpha value is -1.49. The molecule has 0 bridgehead atoms. The molecule has 1 aromatic rings. The van der Waals surface area contributed by atoms with Gasteiger partial charge in [-0.15, -0.1) is 0 Å². The topological polar surface area (TPSA) is 35.5 Å². The second-order valence-corrected chi connectivity index (χ2v) is 3.81. The monoisotopic (exact) mass is 258 g/mol. The highest BCUT2D eigenvalue weighted by molar-refractivity contribution is 5.81. The third kappa shape index (κ3) is 4.41. The molecule has 0 N–H and O–H groups in total. The van der Waals surface area contributed by atoms with Crippen LogP contribution in [0.25, 0.3) is 0 Å². The van der Waals surface area contributed by atoms with Crippen LogP contribution in [-0.2, 0) is 9.53 Å². The number of hydrogen-bond acceptors (Lipinski definition) is 3. The quantitative estimate of drug-likeness (QED) is 0.752. The molecule has 0 aliphatic carbocycles. The summed E-state index contributed by atoms with van der Waals surface area (Å²) in [5.74, 6) is -0.0579. The number of ether oxygens (including phenoxy) is 2. The Morgan fingerprint density at radius 3 is 2.33 bits per heavy atom. The summed E-state index contributed by atoms with van der Waals surface area (Å²) >= 11 is 0. The van der Waals surface area contributed by atoms with E-state index < -0.39 is 12.7 Å². The number of Topliss-reactive ketones (excluding diaryl/α,β-unsaturated/α-hetero) is 1.